The second-order valence-electron chi connectivity index (χ2n) is 10.0. The molecule has 0 aromatic heterocycles. The Morgan fingerprint density at radius 1 is 0.700 bits per heavy atom. The van der Waals surface area contributed by atoms with Gasteiger partial charge in [0.05, 0.1) is 12.5 Å². The molecule has 3 aromatic rings. The molecule has 0 saturated heterocycles. The number of carbonyl (C=O) groups excluding carboxylic acids is 4. The van der Waals surface area contributed by atoms with E-state index in [-0.39, 0.29) is 42.6 Å². The van der Waals surface area contributed by atoms with Gasteiger partial charge in [0.2, 0.25) is 17.7 Å². The van der Waals surface area contributed by atoms with Crippen molar-refractivity contribution in [1.82, 2.24) is 16.0 Å². The van der Waals surface area contributed by atoms with E-state index in [4.69, 9.17) is 0 Å². The third kappa shape index (κ3) is 9.27. The van der Waals surface area contributed by atoms with E-state index in [0.29, 0.717) is 11.8 Å². The number of nitrogens with one attached hydrogen (secondary N) is 3. The van der Waals surface area contributed by atoms with Gasteiger partial charge in [-0.2, -0.15) is 0 Å². The van der Waals surface area contributed by atoms with E-state index in [1.165, 1.54) is 24.3 Å². The summed E-state index contributed by atoms with van der Waals surface area (Å²) in [5, 5.41) is 27.3. The summed E-state index contributed by atoms with van der Waals surface area (Å²) in [6, 6.07) is 18.9. The summed E-state index contributed by atoms with van der Waals surface area (Å²) in [6.07, 6.45) is 1.05. The highest BCUT2D eigenvalue weighted by Crippen LogP contribution is 2.14. The summed E-state index contributed by atoms with van der Waals surface area (Å²) in [4.78, 5) is 51.2. The maximum atomic E-state index is 13.5. The predicted octanol–water partition coefficient (Wildman–Crippen LogP) is 2.43. The zero-order valence-electron chi connectivity index (χ0n) is 22.5. The van der Waals surface area contributed by atoms with Gasteiger partial charge in [0, 0.05) is 6.42 Å². The molecule has 3 aromatic carbocycles. The minimum Gasteiger partial charge on any atom is -0.508 e. The number of amides is 3. The van der Waals surface area contributed by atoms with E-state index in [2.05, 4.69) is 16.0 Å². The molecule has 0 aliphatic heterocycles. The molecule has 0 bridgehead atoms. The van der Waals surface area contributed by atoms with Crippen molar-refractivity contribution in [2.75, 3.05) is 0 Å². The van der Waals surface area contributed by atoms with Crippen LogP contribution >= 0.6 is 0 Å². The number of benzene rings is 3. The lowest BCUT2D eigenvalue weighted by Crippen LogP contribution is -2.57. The summed E-state index contributed by atoms with van der Waals surface area (Å²) >= 11 is 0. The van der Waals surface area contributed by atoms with Crippen LogP contribution in [0.15, 0.2) is 78.9 Å². The first-order valence-electron chi connectivity index (χ1n) is 13.1. The highest BCUT2D eigenvalue weighted by atomic mass is 16.3. The summed E-state index contributed by atoms with van der Waals surface area (Å²) in [7, 11) is 0. The maximum absolute atomic E-state index is 13.5. The molecule has 3 rings (SSSR count). The van der Waals surface area contributed by atoms with E-state index in [0.717, 1.165) is 11.1 Å². The normalized spacial score (nSPS) is 13.1. The van der Waals surface area contributed by atoms with Crippen molar-refractivity contribution < 1.29 is 29.4 Å². The van der Waals surface area contributed by atoms with Crippen molar-refractivity contribution in [1.29, 1.82) is 0 Å². The maximum Gasteiger partial charge on any atom is 0.243 e. The predicted molar refractivity (Wildman–Crippen MR) is 150 cm³/mol. The lowest BCUT2D eigenvalue weighted by atomic mass is 9.99. The van der Waals surface area contributed by atoms with E-state index >= 15 is 0 Å². The minimum atomic E-state index is -0.992. The van der Waals surface area contributed by atoms with Gasteiger partial charge < -0.3 is 31.0 Å². The molecule has 0 fully saturated rings. The Kier molecular flexibility index (Phi) is 10.8. The standard InChI is InChI=1S/C31H35N3O6/c1-20(2)29(31(40)32-24(19-35)16-22-8-12-25(36)13-9-22)34-30(39)27(17-23-10-14-26(37)15-11-23)33-28(38)18-21-6-4-3-5-7-21/h3-15,19-20,24,27,29,36-37H,16-18H2,1-2H3,(H,32,40)(H,33,38)(H,34,39)/t24-,27+,29+/m1/s1. The number of aldehydes is 1. The van der Waals surface area contributed by atoms with E-state index < -0.39 is 29.9 Å². The average Bonchev–Trinajstić information content (AvgIpc) is 2.93. The van der Waals surface area contributed by atoms with Crippen LogP contribution in [0, 0.1) is 5.92 Å². The molecule has 0 unspecified atom stereocenters. The van der Waals surface area contributed by atoms with E-state index in [9.17, 15) is 29.4 Å². The summed E-state index contributed by atoms with van der Waals surface area (Å²) in [5.41, 5.74) is 2.24. The van der Waals surface area contributed by atoms with Gasteiger partial charge in [0.15, 0.2) is 0 Å². The summed E-state index contributed by atoms with van der Waals surface area (Å²) in [6.45, 7) is 3.53. The molecule has 210 valence electrons. The number of hydrogen-bond donors (Lipinski definition) is 5. The van der Waals surface area contributed by atoms with Crippen LogP contribution in [0.5, 0.6) is 11.5 Å². The molecule has 5 N–H and O–H groups in total. The van der Waals surface area contributed by atoms with Crippen molar-refractivity contribution >= 4 is 24.0 Å². The van der Waals surface area contributed by atoms with E-state index in [1.54, 1.807) is 38.1 Å². The van der Waals surface area contributed by atoms with Crippen LogP contribution in [0.3, 0.4) is 0 Å². The number of phenolic OH excluding ortho intramolecular Hbond substituents is 2. The molecule has 40 heavy (non-hydrogen) atoms. The van der Waals surface area contributed by atoms with Crippen molar-refractivity contribution in [3.05, 3.63) is 95.6 Å². The Morgan fingerprint density at radius 3 is 1.77 bits per heavy atom. The fourth-order valence-electron chi connectivity index (χ4n) is 4.18. The Bertz CT molecular complexity index is 1280. The molecular formula is C31H35N3O6. The molecule has 0 heterocycles. The highest BCUT2D eigenvalue weighted by Gasteiger charge is 2.30. The third-order valence-electron chi connectivity index (χ3n) is 6.37. The van der Waals surface area contributed by atoms with Gasteiger partial charge in [-0.25, -0.2) is 0 Å². The van der Waals surface area contributed by atoms with Gasteiger partial charge in [0.25, 0.3) is 0 Å². The Hall–Kier alpha value is -4.66. The quantitative estimate of drug-likeness (QED) is 0.209. The first kappa shape index (κ1) is 29.9. The Balaban J connectivity index is 1.72. The summed E-state index contributed by atoms with van der Waals surface area (Å²) in [5.74, 6) is -1.59. The Morgan fingerprint density at radius 2 is 1.25 bits per heavy atom. The first-order valence-corrected chi connectivity index (χ1v) is 13.1. The minimum absolute atomic E-state index is 0.0754. The van der Waals surface area contributed by atoms with Crippen LogP contribution < -0.4 is 16.0 Å². The third-order valence-corrected chi connectivity index (χ3v) is 6.37. The first-order chi connectivity index (χ1) is 19.1. The summed E-state index contributed by atoms with van der Waals surface area (Å²) < 4.78 is 0. The van der Waals surface area contributed by atoms with Gasteiger partial charge in [-0.3, -0.25) is 14.4 Å². The van der Waals surface area contributed by atoms with Crippen LogP contribution in [-0.2, 0) is 38.4 Å². The molecule has 3 atom stereocenters. The molecule has 0 aliphatic rings. The number of carbonyl (C=O) groups is 4. The average molecular weight is 546 g/mol. The molecule has 0 aliphatic carbocycles. The van der Waals surface area contributed by atoms with Gasteiger partial charge in [-0.15, -0.1) is 0 Å². The number of phenols is 2. The van der Waals surface area contributed by atoms with Crippen LogP contribution in [0.4, 0.5) is 0 Å². The van der Waals surface area contributed by atoms with Crippen LogP contribution in [0.1, 0.15) is 30.5 Å². The van der Waals surface area contributed by atoms with Crippen molar-refractivity contribution in [2.45, 2.75) is 51.2 Å². The fourth-order valence-corrected chi connectivity index (χ4v) is 4.18. The SMILES string of the molecule is CC(C)[C@H](NC(=O)[C@H](Cc1ccc(O)cc1)NC(=O)Cc1ccccc1)C(=O)N[C@@H](C=O)Cc1ccc(O)cc1. The molecule has 0 spiro atoms. The molecular weight excluding hydrogens is 510 g/mol. The smallest absolute Gasteiger partial charge is 0.243 e. The molecule has 0 radical (unpaired) electrons. The van der Waals surface area contributed by atoms with Gasteiger partial charge in [0.1, 0.15) is 29.9 Å². The number of rotatable bonds is 13. The zero-order chi connectivity index (χ0) is 29.1. The highest BCUT2D eigenvalue weighted by molar-refractivity contribution is 5.93. The lowest BCUT2D eigenvalue weighted by molar-refractivity contribution is -0.133. The second kappa shape index (κ2) is 14.5. The lowest BCUT2D eigenvalue weighted by Gasteiger charge is -2.26. The van der Waals surface area contributed by atoms with Gasteiger partial charge in [-0.05, 0) is 53.3 Å². The van der Waals surface area contributed by atoms with Crippen LogP contribution in [-0.4, -0.2) is 52.3 Å². The van der Waals surface area contributed by atoms with Crippen LogP contribution in [0.25, 0.3) is 0 Å². The fraction of sp³-hybridized carbons (Fsp3) is 0.290. The van der Waals surface area contributed by atoms with Gasteiger partial charge in [-0.1, -0.05) is 68.4 Å². The molecule has 9 heteroatoms. The van der Waals surface area contributed by atoms with E-state index in [1.807, 2.05) is 30.3 Å². The molecule has 9 nitrogen and oxygen atoms in total. The van der Waals surface area contributed by atoms with Crippen molar-refractivity contribution in [3.8, 4) is 11.5 Å². The van der Waals surface area contributed by atoms with Crippen molar-refractivity contribution in [2.24, 2.45) is 5.92 Å². The number of hydrogen-bond acceptors (Lipinski definition) is 6. The largest absolute Gasteiger partial charge is 0.508 e. The monoisotopic (exact) mass is 545 g/mol. The number of aromatic hydroxyl groups is 2. The molecule has 0 saturated carbocycles. The second-order valence-corrected chi connectivity index (χ2v) is 10.0. The zero-order valence-corrected chi connectivity index (χ0v) is 22.5. The van der Waals surface area contributed by atoms with Crippen LogP contribution in [0.2, 0.25) is 0 Å². The van der Waals surface area contributed by atoms with Crippen molar-refractivity contribution in [3.63, 3.8) is 0 Å². The topological polar surface area (TPSA) is 145 Å². The Labute approximate surface area is 233 Å². The molecule has 3 amide bonds. The van der Waals surface area contributed by atoms with Gasteiger partial charge >= 0.3 is 0 Å².